The third-order valence-electron chi connectivity index (χ3n) is 2.71. The maximum Gasteiger partial charge on any atom is 0.264 e. The summed E-state index contributed by atoms with van der Waals surface area (Å²) in [6.45, 7) is 8.28. The lowest BCUT2D eigenvalue weighted by Gasteiger charge is -2.28. The average molecular weight is 364 g/mol. The number of hydrogen-bond donors (Lipinski definition) is 1. The largest absolute Gasteiger partial charge is 0.373 e. The Morgan fingerprint density at radius 3 is 2.50 bits per heavy atom. The number of aromatic nitrogens is 2. The lowest BCUT2D eigenvalue weighted by molar-refractivity contribution is 0.00829. The highest BCUT2D eigenvalue weighted by Crippen LogP contribution is 2.33. The summed E-state index contributed by atoms with van der Waals surface area (Å²) >= 11 is 2.05. The van der Waals surface area contributed by atoms with Crippen molar-refractivity contribution in [3.63, 3.8) is 0 Å². The van der Waals surface area contributed by atoms with E-state index >= 15 is 0 Å². The molecule has 102 valence electrons. The first-order chi connectivity index (χ1) is 8.31. The van der Waals surface area contributed by atoms with Crippen molar-refractivity contribution in [3.05, 3.63) is 25.4 Å². The standard InChI is InChI=1S/C13H21IN2O2/c1-6-7-8-9(14)12(17)16-11(15-8)10(18-5)13(2,3)4/h10H,6-7H2,1-5H3,(H,15,16,17). The molecule has 1 rings (SSSR count). The Labute approximate surface area is 122 Å². The quantitative estimate of drug-likeness (QED) is 0.836. The predicted octanol–water partition coefficient (Wildman–Crippen LogP) is 3.06. The number of methoxy groups -OCH3 is 1. The van der Waals surface area contributed by atoms with E-state index in [0.717, 1.165) is 18.5 Å². The van der Waals surface area contributed by atoms with Crippen LogP contribution in [0, 0.1) is 8.99 Å². The van der Waals surface area contributed by atoms with Crippen LogP contribution < -0.4 is 5.56 Å². The zero-order valence-corrected chi connectivity index (χ0v) is 13.8. The molecule has 1 unspecified atom stereocenters. The maximum atomic E-state index is 11.9. The fourth-order valence-corrected chi connectivity index (χ4v) is 2.45. The first kappa shape index (κ1) is 15.6. The van der Waals surface area contributed by atoms with E-state index in [1.54, 1.807) is 7.11 Å². The Morgan fingerprint density at radius 1 is 1.44 bits per heavy atom. The minimum atomic E-state index is -0.210. The molecule has 0 aromatic carbocycles. The zero-order chi connectivity index (χ0) is 13.9. The minimum absolute atomic E-state index is 0.0737. The van der Waals surface area contributed by atoms with Crippen LogP contribution in [0.1, 0.15) is 51.7 Å². The van der Waals surface area contributed by atoms with Gasteiger partial charge in [0.05, 0.1) is 9.26 Å². The Hall–Kier alpha value is -0.430. The Balaban J connectivity index is 3.29. The van der Waals surface area contributed by atoms with Gasteiger partial charge in [-0.15, -0.1) is 0 Å². The molecule has 1 aromatic rings. The van der Waals surface area contributed by atoms with E-state index in [4.69, 9.17) is 4.74 Å². The molecule has 1 atom stereocenters. The third-order valence-corrected chi connectivity index (χ3v) is 3.82. The second-order valence-corrected chi connectivity index (χ2v) is 6.52. The topological polar surface area (TPSA) is 55.0 Å². The molecular weight excluding hydrogens is 343 g/mol. The molecule has 5 heteroatoms. The van der Waals surface area contributed by atoms with Crippen LogP contribution in [0.15, 0.2) is 4.79 Å². The summed E-state index contributed by atoms with van der Waals surface area (Å²) in [5.41, 5.74) is 0.680. The molecule has 1 heterocycles. The summed E-state index contributed by atoms with van der Waals surface area (Å²) in [4.78, 5) is 19.3. The second kappa shape index (κ2) is 6.14. The highest BCUT2D eigenvalue weighted by atomic mass is 127. The van der Waals surface area contributed by atoms with Gasteiger partial charge in [-0.05, 0) is 34.4 Å². The van der Waals surface area contributed by atoms with Crippen LogP contribution in [0.5, 0.6) is 0 Å². The second-order valence-electron chi connectivity index (χ2n) is 5.44. The molecule has 0 amide bonds. The van der Waals surface area contributed by atoms with Crippen LogP contribution in [-0.2, 0) is 11.2 Å². The van der Waals surface area contributed by atoms with Gasteiger partial charge in [0.1, 0.15) is 11.9 Å². The van der Waals surface area contributed by atoms with Gasteiger partial charge < -0.3 is 9.72 Å². The van der Waals surface area contributed by atoms with Gasteiger partial charge in [-0.3, -0.25) is 4.79 Å². The van der Waals surface area contributed by atoms with Crippen molar-refractivity contribution in [2.75, 3.05) is 7.11 Å². The van der Waals surface area contributed by atoms with E-state index in [1.807, 2.05) is 0 Å². The zero-order valence-electron chi connectivity index (χ0n) is 11.6. The molecule has 0 radical (unpaired) electrons. The van der Waals surface area contributed by atoms with Gasteiger partial charge in [-0.1, -0.05) is 34.1 Å². The van der Waals surface area contributed by atoms with Crippen LogP contribution in [0.2, 0.25) is 0 Å². The molecule has 0 saturated heterocycles. The van der Waals surface area contributed by atoms with Gasteiger partial charge >= 0.3 is 0 Å². The molecule has 18 heavy (non-hydrogen) atoms. The molecule has 0 bridgehead atoms. The van der Waals surface area contributed by atoms with Crippen molar-refractivity contribution < 1.29 is 4.74 Å². The molecular formula is C13H21IN2O2. The number of aromatic amines is 1. The van der Waals surface area contributed by atoms with E-state index in [1.165, 1.54) is 0 Å². The fraction of sp³-hybridized carbons (Fsp3) is 0.692. The van der Waals surface area contributed by atoms with Crippen LogP contribution in [0.25, 0.3) is 0 Å². The normalized spacial score (nSPS) is 13.7. The van der Waals surface area contributed by atoms with E-state index in [9.17, 15) is 4.79 Å². The molecule has 1 aromatic heterocycles. The van der Waals surface area contributed by atoms with Crippen LogP contribution in [0.3, 0.4) is 0 Å². The fourth-order valence-electron chi connectivity index (χ4n) is 1.93. The number of ether oxygens (including phenoxy) is 1. The number of nitrogens with zero attached hydrogens (tertiary/aromatic N) is 1. The summed E-state index contributed by atoms with van der Waals surface area (Å²) in [5, 5.41) is 0. The molecule has 0 aliphatic heterocycles. The summed E-state index contributed by atoms with van der Waals surface area (Å²) in [6, 6.07) is 0. The summed E-state index contributed by atoms with van der Waals surface area (Å²) in [7, 11) is 1.65. The number of rotatable bonds is 4. The Kier molecular flexibility index (Phi) is 5.33. The van der Waals surface area contributed by atoms with E-state index in [2.05, 4.69) is 60.3 Å². The number of hydrogen-bond acceptors (Lipinski definition) is 3. The van der Waals surface area contributed by atoms with Crippen molar-refractivity contribution in [1.29, 1.82) is 0 Å². The number of aryl methyl sites for hydroxylation is 1. The van der Waals surface area contributed by atoms with Crippen LogP contribution >= 0.6 is 22.6 Å². The van der Waals surface area contributed by atoms with E-state index < -0.39 is 0 Å². The van der Waals surface area contributed by atoms with Gasteiger partial charge in [0.25, 0.3) is 5.56 Å². The van der Waals surface area contributed by atoms with Gasteiger partial charge in [-0.25, -0.2) is 4.98 Å². The SMILES string of the molecule is CCCc1nc(C(OC)C(C)(C)C)[nH]c(=O)c1I. The van der Waals surface area contributed by atoms with Crippen molar-refractivity contribution in [3.8, 4) is 0 Å². The first-order valence-electron chi connectivity index (χ1n) is 6.12. The van der Waals surface area contributed by atoms with Crippen LogP contribution in [-0.4, -0.2) is 17.1 Å². The number of H-pyrrole nitrogens is 1. The van der Waals surface area contributed by atoms with Crippen molar-refractivity contribution in [2.45, 2.75) is 46.6 Å². The maximum absolute atomic E-state index is 11.9. The molecule has 1 N–H and O–H groups in total. The lowest BCUT2D eigenvalue weighted by Crippen LogP contribution is -2.27. The Bertz CT molecular complexity index is 463. The number of nitrogens with one attached hydrogen (secondary N) is 1. The van der Waals surface area contributed by atoms with E-state index in [-0.39, 0.29) is 17.1 Å². The van der Waals surface area contributed by atoms with Crippen molar-refractivity contribution >= 4 is 22.6 Å². The van der Waals surface area contributed by atoms with E-state index in [0.29, 0.717) is 9.39 Å². The van der Waals surface area contributed by atoms with Gasteiger partial charge in [0, 0.05) is 7.11 Å². The summed E-state index contributed by atoms with van der Waals surface area (Å²) in [6.07, 6.45) is 1.58. The highest BCUT2D eigenvalue weighted by molar-refractivity contribution is 14.1. The monoisotopic (exact) mass is 364 g/mol. The number of halogens is 1. The average Bonchev–Trinajstić information content (AvgIpc) is 2.24. The van der Waals surface area contributed by atoms with Crippen LogP contribution in [0.4, 0.5) is 0 Å². The summed E-state index contributed by atoms with van der Waals surface area (Å²) in [5.74, 6) is 0.624. The lowest BCUT2D eigenvalue weighted by atomic mass is 9.88. The predicted molar refractivity (Wildman–Crippen MR) is 80.8 cm³/mol. The molecule has 4 nitrogen and oxygen atoms in total. The van der Waals surface area contributed by atoms with Gasteiger partial charge in [0.2, 0.25) is 0 Å². The molecule has 0 aliphatic rings. The smallest absolute Gasteiger partial charge is 0.264 e. The molecule has 0 spiro atoms. The first-order valence-corrected chi connectivity index (χ1v) is 7.20. The van der Waals surface area contributed by atoms with Crippen molar-refractivity contribution in [1.82, 2.24) is 9.97 Å². The third kappa shape index (κ3) is 3.54. The van der Waals surface area contributed by atoms with Gasteiger partial charge in [-0.2, -0.15) is 0 Å². The highest BCUT2D eigenvalue weighted by Gasteiger charge is 2.29. The van der Waals surface area contributed by atoms with Gasteiger partial charge in [0.15, 0.2) is 0 Å². The Morgan fingerprint density at radius 2 is 2.06 bits per heavy atom. The van der Waals surface area contributed by atoms with Crippen molar-refractivity contribution in [2.24, 2.45) is 5.41 Å². The molecule has 0 saturated carbocycles. The molecule has 0 fully saturated rings. The minimum Gasteiger partial charge on any atom is -0.373 e. The summed E-state index contributed by atoms with van der Waals surface area (Å²) < 4.78 is 6.18. The molecule has 0 aliphatic carbocycles.